The van der Waals surface area contributed by atoms with Crippen LogP contribution in [-0.2, 0) is 9.53 Å². The van der Waals surface area contributed by atoms with Crippen LogP contribution in [0.4, 0.5) is 0 Å². The summed E-state index contributed by atoms with van der Waals surface area (Å²) in [6.07, 6.45) is 0.185. The molecule has 3 aromatic rings. The van der Waals surface area contributed by atoms with Crippen LogP contribution in [0.3, 0.4) is 0 Å². The van der Waals surface area contributed by atoms with Gasteiger partial charge in [0.05, 0.1) is 30.7 Å². The molecule has 0 spiro atoms. The maximum Gasteiger partial charge on any atom is 0.344 e. The van der Waals surface area contributed by atoms with Crippen molar-refractivity contribution in [3.63, 3.8) is 0 Å². The van der Waals surface area contributed by atoms with Gasteiger partial charge < -0.3 is 19.0 Å². The van der Waals surface area contributed by atoms with Gasteiger partial charge in [0.15, 0.2) is 0 Å². The van der Waals surface area contributed by atoms with Crippen LogP contribution < -0.4 is 5.63 Å². The highest BCUT2D eigenvalue weighted by atomic mass is 16.5. The molecule has 2 amide bonds. The van der Waals surface area contributed by atoms with Gasteiger partial charge in [-0.15, -0.1) is 0 Å². The van der Waals surface area contributed by atoms with Crippen LogP contribution >= 0.6 is 0 Å². The van der Waals surface area contributed by atoms with Crippen molar-refractivity contribution in [3.8, 4) is 11.1 Å². The van der Waals surface area contributed by atoms with E-state index in [9.17, 15) is 14.4 Å². The maximum absolute atomic E-state index is 13.2. The van der Waals surface area contributed by atoms with E-state index in [1.807, 2.05) is 18.2 Å². The van der Waals surface area contributed by atoms with Gasteiger partial charge in [-0.05, 0) is 29.8 Å². The number of amides is 2. The molecule has 0 aliphatic carbocycles. The molecule has 3 heterocycles. The lowest BCUT2D eigenvalue weighted by Crippen LogP contribution is -2.43. The van der Waals surface area contributed by atoms with Crippen molar-refractivity contribution in [1.29, 1.82) is 0 Å². The molecule has 158 valence electrons. The lowest BCUT2D eigenvalue weighted by Gasteiger charge is -2.25. The quantitative estimate of drug-likeness (QED) is 0.598. The van der Waals surface area contributed by atoms with Crippen molar-refractivity contribution in [2.24, 2.45) is 0 Å². The number of carbonyl (C=O) groups excluding carboxylic acids is 2. The second-order valence-electron chi connectivity index (χ2n) is 8.01. The van der Waals surface area contributed by atoms with E-state index in [-0.39, 0.29) is 24.0 Å². The average Bonchev–Trinajstić information content (AvgIpc) is 3.16. The van der Waals surface area contributed by atoms with Gasteiger partial charge in [-0.2, -0.15) is 0 Å². The number of fused-ring (bicyclic) bond motifs is 2. The molecule has 2 saturated heterocycles. The van der Waals surface area contributed by atoms with Crippen molar-refractivity contribution < 1.29 is 18.7 Å². The molecule has 0 radical (unpaired) electrons. The molecule has 2 aliphatic rings. The first-order valence-corrected chi connectivity index (χ1v) is 10.3. The molecule has 7 nitrogen and oxygen atoms in total. The predicted octanol–water partition coefficient (Wildman–Crippen LogP) is 2.53. The van der Waals surface area contributed by atoms with E-state index in [4.69, 9.17) is 9.15 Å². The standard InChI is InChI=1S/C24H22N2O5/c1-25-19-13-26(14-21(19)30-10-9-22(25)27)23(28)17-7-4-6-15(11-17)18-12-16-5-2-3-8-20(16)31-24(18)29/h2-8,11-12,19,21H,9-10,13-14H2,1H3/t19-,21-/m0/s1. The number of hydrogen-bond acceptors (Lipinski definition) is 5. The largest absolute Gasteiger partial charge is 0.422 e. The molecule has 7 heteroatoms. The van der Waals surface area contributed by atoms with E-state index in [1.54, 1.807) is 53.2 Å². The molecule has 0 unspecified atom stereocenters. The molecule has 2 fully saturated rings. The summed E-state index contributed by atoms with van der Waals surface area (Å²) in [5.74, 6) is -0.114. The van der Waals surface area contributed by atoms with Crippen LogP contribution in [0, 0.1) is 0 Å². The summed E-state index contributed by atoms with van der Waals surface area (Å²) >= 11 is 0. The minimum Gasteiger partial charge on any atom is -0.422 e. The van der Waals surface area contributed by atoms with E-state index < -0.39 is 5.63 Å². The van der Waals surface area contributed by atoms with Gasteiger partial charge in [0.2, 0.25) is 5.91 Å². The fourth-order valence-electron chi connectivity index (χ4n) is 4.38. The molecular weight excluding hydrogens is 396 g/mol. The second-order valence-corrected chi connectivity index (χ2v) is 8.01. The number of rotatable bonds is 2. The van der Waals surface area contributed by atoms with Crippen LogP contribution in [0.25, 0.3) is 22.1 Å². The fraction of sp³-hybridized carbons (Fsp3) is 0.292. The summed E-state index contributed by atoms with van der Waals surface area (Å²) in [7, 11) is 1.77. The van der Waals surface area contributed by atoms with E-state index in [2.05, 4.69) is 0 Å². The third-order valence-electron chi connectivity index (χ3n) is 6.12. The smallest absolute Gasteiger partial charge is 0.344 e. The number of para-hydroxylation sites is 1. The van der Waals surface area contributed by atoms with Crippen molar-refractivity contribution in [2.45, 2.75) is 18.6 Å². The molecule has 31 heavy (non-hydrogen) atoms. The monoisotopic (exact) mass is 418 g/mol. The zero-order valence-electron chi connectivity index (χ0n) is 17.1. The molecule has 1 aromatic heterocycles. The van der Waals surface area contributed by atoms with Crippen molar-refractivity contribution in [1.82, 2.24) is 9.80 Å². The van der Waals surface area contributed by atoms with Gasteiger partial charge in [0.1, 0.15) is 5.58 Å². The van der Waals surface area contributed by atoms with Crippen LogP contribution in [-0.4, -0.2) is 60.5 Å². The number of carbonyl (C=O) groups is 2. The Hall–Kier alpha value is -3.45. The van der Waals surface area contributed by atoms with Crippen molar-refractivity contribution >= 4 is 22.8 Å². The lowest BCUT2D eigenvalue weighted by molar-refractivity contribution is -0.131. The Kier molecular flexibility index (Phi) is 4.82. The third kappa shape index (κ3) is 3.51. The van der Waals surface area contributed by atoms with E-state index in [0.717, 1.165) is 5.39 Å². The Bertz CT molecular complexity index is 1230. The number of hydrogen-bond donors (Lipinski definition) is 0. The minimum absolute atomic E-state index is 0.0341. The Balaban J connectivity index is 1.43. The summed E-state index contributed by atoms with van der Waals surface area (Å²) < 4.78 is 11.3. The van der Waals surface area contributed by atoms with Crippen LogP contribution in [0.5, 0.6) is 0 Å². The number of benzene rings is 2. The molecule has 0 saturated carbocycles. The zero-order valence-corrected chi connectivity index (χ0v) is 17.1. The van der Waals surface area contributed by atoms with Crippen molar-refractivity contribution in [3.05, 3.63) is 70.6 Å². The first-order chi connectivity index (χ1) is 15.0. The summed E-state index contributed by atoms with van der Waals surface area (Å²) in [6.45, 7) is 1.23. The lowest BCUT2D eigenvalue weighted by atomic mass is 10.0. The van der Waals surface area contributed by atoms with Gasteiger partial charge >= 0.3 is 5.63 Å². The molecule has 0 N–H and O–H groups in total. The highest BCUT2D eigenvalue weighted by Crippen LogP contribution is 2.26. The summed E-state index contributed by atoms with van der Waals surface area (Å²) in [4.78, 5) is 41.3. The molecule has 2 atom stereocenters. The first-order valence-electron chi connectivity index (χ1n) is 10.3. The molecular formula is C24H22N2O5. The highest BCUT2D eigenvalue weighted by molar-refractivity contribution is 5.96. The highest BCUT2D eigenvalue weighted by Gasteiger charge is 2.41. The average molecular weight is 418 g/mol. The van der Waals surface area contributed by atoms with Gasteiger partial charge in [0, 0.05) is 31.1 Å². The maximum atomic E-state index is 13.2. The summed E-state index contributed by atoms with van der Waals surface area (Å²) in [5, 5.41) is 0.818. The van der Waals surface area contributed by atoms with Gasteiger partial charge in [-0.1, -0.05) is 30.3 Å². The number of ether oxygens (including phenoxy) is 1. The fourth-order valence-corrected chi connectivity index (χ4v) is 4.38. The Morgan fingerprint density at radius 3 is 2.74 bits per heavy atom. The van der Waals surface area contributed by atoms with Gasteiger partial charge in [-0.25, -0.2) is 4.79 Å². The Morgan fingerprint density at radius 1 is 1.03 bits per heavy atom. The molecule has 2 aliphatic heterocycles. The Morgan fingerprint density at radius 2 is 1.87 bits per heavy atom. The predicted molar refractivity (Wildman–Crippen MR) is 115 cm³/mol. The first kappa shape index (κ1) is 19.5. The molecule has 2 aromatic carbocycles. The second kappa shape index (κ2) is 7.67. The van der Waals surface area contributed by atoms with E-state index in [0.29, 0.717) is 48.4 Å². The third-order valence-corrected chi connectivity index (χ3v) is 6.12. The van der Waals surface area contributed by atoms with Gasteiger partial charge in [0.25, 0.3) is 5.91 Å². The Labute approximate surface area is 178 Å². The number of likely N-dealkylation sites (tertiary alicyclic amines) is 1. The zero-order chi connectivity index (χ0) is 21.5. The molecule has 5 rings (SSSR count). The van der Waals surface area contributed by atoms with E-state index >= 15 is 0 Å². The molecule has 0 bridgehead atoms. The van der Waals surface area contributed by atoms with Crippen molar-refractivity contribution in [2.75, 3.05) is 26.7 Å². The number of likely N-dealkylation sites (N-methyl/N-ethyl adjacent to an activating group) is 1. The number of nitrogens with zero attached hydrogens (tertiary/aromatic N) is 2. The normalized spacial score (nSPS) is 21.3. The van der Waals surface area contributed by atoms with Gasteiger partial charge in [-0.3, -0.25) is 9.59 Å². The summed E-state index contributed by atoms with van der Waals surface area (Å²) in [5.41, 5.74) is 1.60. The SMILES string of the molecule is CN1C(=O)CCO[C@H]2CN(C(=O)c3cccc(-c4cc5ccccc5oc4=O)c3)C[C@@H]21. The topological polar surface area (TPSA) is 80.1 Å². The minimum atomic E-state index is -0.444. The summed E-state index contributed by atoms with van der Waals surface area (Å²) in [6, 6.07) is 16.0. The van der Waals surface area contributed by atoms with Crippen LogP contribution in [0.1, 0.15) is 16.8 Å². The van der Waals surface area contributed by atoms with Crippen LogP contribution in [0.2, 0.25) is 0 Å². The van der Waals surface area contributed by atoms with E-state index in [1.165, 1.54) is 0 Å². The van der Waals surface area contributed by atoms with Crippen LogP contribution in [0.15, 0.2) is 63.8 Å².